The van der Waals surface area contributed by atoms with Gasteiger partial charge in [0.2, 0.25) is 0 Å². The van der Waals surface area contributed by atoms with E-state index in [-0.39, 0.29) is 34.7 Å². The fourth-order valence-corrected chi connectivity index (χ4v) is 18.8. The topological polar surface area (TPSA) is 419 Å². The van der Waals surface area contributed by atoms with Crippen molar-refractivity contribution in [3.05, 3.63) is 268 Å². The molecule has 131 heavy (non-hydrogen) atoms. The highest BCUT2D eigenvalue weighted by atomic mass is 79.9. The second kappa shape index (κ2) is 47.6. The van der Waals surface area contributed by atoms with Gasteiger partial charge in [0.25, 0.3) is 0 Å². The Labute approximate surface area is 776 Å². The molecule has 694 valence electrons. The number of carboxylic acids is 3. The number of aryl methyl sites for hydroxylation is 6. The van der Waals surface area contributed by atoms with Gasteiger partial charge in [-0.15, -0.1) is 0 Å². The summed E-state index contributed by atoms with van der Waals surface area (Å²) in [5.74, 6) is -3.01. The van der Waals surface area contributed by atoms with Crippen LogP contribution in [0.2, 0.25) is 0 Å². The van der Waals surface area contributed by atoms with Gasteiger partial charge in [-0.05, 0) is 292 Å². The van der Waals surface area contributed by atoms with E-state index in [1.54, 1.807) is 101 Å². The number of esters is 5. The molecule has 2 saturated carbocycles. The quantitative estimate of drug-likeness (QED) is 0.0185. The molecule has 1 atom stereocenters. The summed E-state index contributed by atoms with van der Waals surface area (Å²) < 4.78 is 35.3. The number of nitrogen functional groups attached to an aromatic ring is 3. The Morgan fingerprint density at radius 3 is 1.33 bits per heavy atom. The molecule has 14 N–H and O–H groups in total. The van der Waals surface area contributed by atoms with Crippen molar-refractivity contribution in [1.29, 1.82) is 0 Å². The highest BCUT2D eigenvalue weighted by Gasteiger charge is 2.29. The maximum absolute atomic E-state index is 11.8. The number of ether oxygens (including phenoxy) is 7. The molecule has 0 radical (unpaired) electrons. The summed E-state index contributed by atoms with van der Waals surface area (Å²) in [4.78, 5) is 106. The molecule has 5 aromatic heterocycles. The molecular weight excluding hydrogens is 1750 g/mol. The van der Waals surface area contributed by atoms with Crippen LogP contribution >= 0.6 is 27.7 Å². The van der Waals surface area contributed by atoms with Crippen LogP contribution in [0.15, 0.2) is 151 Å². The van der Waals surface area contributed by atoms with E-state index in [2.05, 4.69) is 68.7 Å². The molecule has 0 saturated heterocycles. The fourth-order valence-electron chi connectivity index (χ4n) is 17.1. The summed E-state index contributed by atoms with van der Waals surface area (Å²) in [7, 11) is 10.1. The molecule has 0 amide bonds. The van der Waals surface area contributed by atoms with Gasteiger partial charge in [0.05, 0.1) is 95.4 Å². The summed E-state index contributed by atoms with van der Waals surface area (Å²) in [6, 6.07) is 34.3. The first-order valence-electron chi connectivity index (χ1n) is 43.3. The average molecular weight is 1870 g/mol. The number of methoxy groups -OCH3 is 7. The van der Waals surface area contributed by atoms with Crippen molar-refractivity contribution in [2.75, 3.05) is 73.2 Å². The van der Waals surface area contributed by atoms with Crippen molar-refractivity contribution < 1.29 is 86.8 Å². The van der Waals surface area contributed by atoms with E-state index in [4.69, 9.17) is 56.2 Å². The Morgan fingerprint density at radius 1 is 0.412 bits per heavy atom. The number of carbonyl (C=O) groups excluding carboxylic acids is 5. The number of carboxylic acid groups (broad SMARTS) is 3. The Bertz CT molecular complexity index is 6310. The number of hydrogen-bond acceptors (Lipinski definition) is 19. The minimum atomic E-state index is -0.935. The zero-order valence-corrected chi connectivity index (χ0v) is 80.0. The third kappa shape index (κ3) is 24.0. The number of carbonyl (C=O) groups is 8. The summed E-state index contributed by atoms with van der Waals surface area (Å²) >= 11 is 5.26. The van der Waals surface area contributed by atoms with Gasteiger partial charge >= 0.3 is 47.8 Å². The van der Waals surface area contributed by atoms with Gasteiger partial charge in [0.15, 0.2) is 6.29 Å². The predicted octanol–water partition coefficient (Wildman–Crippen LogP) is 23.3. The van der Waals surface area contributed by atoms with E-state index in [1.807, 2.05) is 115 Å². The molecule has 0 bridgehead atoms. The van der Waals surface area contributed by atoms with E-state index in [1.165, 1.54) is 157 Å². The Balaban J connectivity index is 0.000000170. The van der Waals surface area contributed by atoms with Crippen molar-refractivity contribution >= 4 is 153 Å². The third-order valence-electron chi connectivity index (χ3n) is 24.8. The maximum atomic E-state index is 11.8. The highest BCUT2D eigenvalue weighted by Crippen LogP contribution is 2.44. The van der Waals surface area contributed by atoms with Crippen molar-refractivity contribution in [3.63, 3.8) is 0 Å². The second-order valence-corrected chi connectivity index (χ2v) is 34.2. The standard InChI is InChI=1S/C17H20BrNO2.C16H19NO2.C16H17NO2.C14H21NO4S.C12H13NO2.C11H11NO2.C9H11NO2.C8H9NO2/c1-10-12(17(20)21-2)8-9-13-14(16(18)19-15(10)13)11-6-4-3-5-7-11;2*1-10-12(16(18)19)7-8-13-14(9-17-15(10)13)11-5-3-2-4-6-11;1-8-9(13(16)17-2)6-7-10(11(8)15)12(20-5)14(18-3)19-4;1-7-6-13-11-8(2)10(12(14)15-3)5-4-9(7)11;1-7-9(11(13)14-2)4-3-8-5-6-12-10(7)8;1-6-7(9(11)12-2)4-3-5-8(6)10;1-5-6(8(10)11)3-2-4-7(5)9/h8-9,11,19H,3-7H2,1-2H3;7-9,11,17H,2-6H2,1H3,(H,18,19);5,7-9,17H,2-4,6H2,1H3,(H,18,19);6-7,12,14H,15H2,1-5H3;4-6,13H,1-3H3;3-6,12H,1-2H3;3-5H,10H2,1-2H3;2-4H,9H2,1H3,(H,10,11). The van der Waals surface area contributed by atoms with Crippen molar-refractivity contribution in [2.24, 2.45) is 0 Å². The molecule has 5 heterocycles. The number of hydrogen-bond donors (Lipinski definition) is 11. The normalized spacial score (nSPS) is 13.2. The lowest BCUT2D eigenvalue weighted by Gasteiger charge is -2.25. The molecule has 8 aromatic carbocycles. The van der Waals surface area contributed by atoms with Crippen LogP contribution in [0.5, 0.6) is 0 Å². The van der Waals surface area contributed by atoms with Crippen LogP contribution in [0.25, 0.3) is 60.1 Å². The third-order valence-corrected chi connectivity index (χ3v) is 26.4. The number of anilines is 3. The summed E-state index contributed by atoms with van der Waals surface area (Å²) in [5, 5.41) is 32.7. The molecule has 0 aliphatic heterocycles. The fraction of sp³-hybridized carbons (Fsp3) is 0.340. The van der Waals surface area contributed by atoms with Crippen LogP contribution in [-0.4, -0.2) is 150 Å². The number of thioether (sulfide) groups is 1. The van der Waals surface area contributed by atoms with Crippen LogP contribution in [0.4, 0.5) is 17.1 Å². The van der Waals surface area contributed by atoms with Crippen LogP contribution < -0.4 is 17.2 Å². The molecule has 2 fully saturated rings. The minimum Gasteiger partial charge on any atom is -0.478 e. The molecule has 3 aliphatic rings. The maximum Gasteiger partial charge on any atom is 0.338 e. The van der Waals surface area contributed by atoms with Crippen LogP contribution in [0, 0.1) is 62.3 Å². The molecule has 0 spiro atoms. The van der Waals surface area contributed by atoms with E-state index in [0.717, 1.165) is 100 Å². The number of nitrogens with one attached hydrogen (secondary N) is 5. The van der Waals surface area contributed by atoms with Gasteiger partial charge in [-0.1, -0.05) is 93.1 Å². The van der Waals surface area contributed by atoms with E-state index in [0.29, 0.717) is 79.0 Å². The number of aromatic amines is 5. The molecule has 1 unspecified atom stereocenters. The van der Waals surface area contributed by atoms with Gasteiger partial charge in [0.1, 0.15) is 0 Å². The zero-order chi connectivity index (χ0) is 95.8. The number of rotatable bonds is 16. The minimum absolute atomic E-state index is 0.0737. The molecule has 3 aliphatic carbocycles. The predicted molar refractivity (Wildman–Crippen MR) is 524 cm³/mol. The first kappa shape index (κ1) is 102. The van der Waals surface area contributed by atoms with Crippen molar-refractivity contribution in [2.45, 2.75) is 176 Å². The molecule has 13 aromatic rings. The highest BCUT2D eigenvalue weighted by molar-refractivity contribution is 9.10. The van der Waals surface area contributed by atoms with Crippen LogP contribution in [-0.2, 0) is 33.2 Å². The molecule has 28 heteroatoms. The first-order chi connectivity index (χ1) is 62.7. The number of aromatic carboxylic acids is 3. The van der Waals surface area contributed by atoms with Gasteiger partial charge in [-0.25, -0.2) is 38.4 Å². The Kier molecular flexibility index (Phi) is 37.0. The average Bonchev–Trinajstić information content (AvgIpc) is 1.61. The lowest BCUT2D eigenvalue weighted by molar-refractivity contribution is -0.102. The number of fused-ring (bicyclic) bond motifs is 5. The van der Waals surface area contributed by atoms with Crippen LogP contribution in [0.1, 0.15) is 262 Å². The number of halogens is 1. The van der Waals surface area contributed by atoms with E-state index < -0.39 is 30.2 Å². The lowest BCUT2D eigenvalue weighted by Crippen LogP contribution is -2.22. The number of aromatic nitrogens is 5. The summed E-state index contributed by atoms with van der Waals surface area (Å²) in [5.41, 5.74) is 41.9. The number of nitrogens with two attached hydrogens (primary N) is 3. The van der Waals surface area contributed by atoms with E-state index >= 15 is 0 Å². The Morgan fingerprint density at radius 2 is 0.824 bits per heavy atom. The SMILES string of the molecule is COC(=O)c1ccc(C(SC)C(OC)OC)c(N)c1C.COC(=O)c1ccc2c(C)c[nH]c2c1C.COC(=O)c1ccc2c(C3CCCCC3)c(Br)[nH]c2c1C.COC(=O)c1ccc2cc[nH]c2c1C.COC(=O)c1cccc(N)c1C.Cc1c(C(=O)O)ccc2c(C3=CCCCC3)c[nH]c12.Cc1c(C(=O)O)ccc2c(C3CCCCC3)c[nH]c12.Cc1c(N)cccc1C(=O)O. The van der Waals surface area contributed by atoms with Gasteiger partial charge in [-0.2, -0.15) is 11.8 Å². The number of benzene rings is 8. The van der Waals surface area contributed by atoms with Crippen molar-refractivity contribution in [3.8, 4) is 0 Å². The van der Waals surface area contributed by atoms with Gasteiger partial charge in [-0.3, -0.25) is 0 Å². The monoisotopic (exact) mass is 1870 g/mol. The summed E-state index contributed by atoms with van der Waals surface area (Å²) in [6.07, 6.45) is 29.5. The first-order valence-corrected chi connectivity index (χ1v) is 45.4. The smallest absolute Gasteiger partial charge is 0.338 e. The zero-order valence-electron chi connectivity index (χ0n) is 77.5. The molecule has 16 rings (SSSR count). The Hall–Kier alpha value is -12.9. The molecular formula is C103H121BrN8O18S. The van der Waals surface area contributed by atoms with Crippen molar-refractivity contribution in [1.82, 2.24) is 24.9 Å². The largest absolute Gasteiger partial charge is 0.478 e. The number of allylic oxidation sites excluding steroid dienone is 2. The molecule has 26 nitrogen and oxygen atoms in total. The lowest BCUT2D eigenvalue weighted by atomic mass is 9.83. The van der Waals surface area contributed by atoms with Gasteiger partial charge < -0.3 is 90.6 Å². The van der Waals surface area contributed by atoms with Gasteiger partial charge in [0, 0.05) is 105 Å². The summed E-state index contributed by atoms with van der Waals surface area (Å²) in [6.45, 7) is 16.9. The van der Waals surface area contributed by atoms with E-state index in [9.17, 15) is 38.4 Å². The number of H-pyrrole nitrogens is 5. The van der Waals surface area contributed by atoms with Crippen LogP contribution in [0.3, 0.4) is 0 Å². The second-order valence-electron chi connectivity index (χ2n) is 32.4.